The van der Waals surface area contributed by atoms with E-state index in [0.29, 0.717) is 22.7 Å². The molecule has 4 aromatic rings. The van der Waals surface area contributed by atoms with Gasteiger partial charge >= 0.3 is 0 Å². The minimum absolute atomic E-state index is 0.134. The molecule has 4 atom stereocenters. The van der Waals surface area contributed by atoms with Crippen LogP contribution in [0.15, 0.2) is 42.9 Å². The summed E-state index contributed by atoms with van der Waals surface area (Å²) in [6.45, 7) is -0.134. The van der Waals surface area contributed by atoms with Gasteiger partial charge in [0.1, 0.15) is 24.0 Å². The maximum absolute atomic E-state index is 10.5. The van der Waals surface area contributed by atoms with E-state index in [2.05, 4.69) is 25.3 Å². The van der Waals surface area contributed by atoms with Crippen LogP contribution in [0.25, 0.3) is 28.4 Å². The Bertz CT molecular complexity index is 1240. The average Bonchev–Trinajstić information content (AvgIpc) is 3.45. The molecule has 32 heavy (non-hydrogen) atoms. The van der Waals surface area contributed by atoms with Crippen molar-refractivity contribution in [1.29, 1.82) is 0 Å². The van der Waals surface area contributed by atoms with E-state index in [-0.39, 0.29) is 12.6 Å². The van der Waals surface area contributed by atoms with Crippen LogP contribution in [-0.2, 0) is 4.74 Å². The molecule has 3 aromatic heterocycles. The highest BCUT2D eigenvalue weighted by molar-refractivity contribution is 5.84. The zero-order chi connectivity index (χ0) is 22.4. The lowest BCUT2D eigenvalue weighted by atomic mass is 10.0. The highest BCUT2D eigenvalue weighted by Crippen LogP contribution is 2.30. The van der Waals surface area contributed by atoms with E-state index in [1.807, 2.05) is 44.4 Å². The van der Waals surface area contributed by atoms with E-state index in [1.165, 1.54) is 15.6 Å². The van der Waals surface area contributed by atoms with E-state index in [1.54, 1.807) is 11.1 Å². The van der Waals surface area contributed by atoms with Crippen LogP contribution in [0.1, 0.15) is 6.23 Å². The number of benzene rings is 1. The van der Waals surface area contributed by atoms with Crippen LogP contribution in [0.3, 0.4) is 0 Å². The van der Waals surface area contributed by atoms with Gasteiger partial charge in [0.2, 0.25) is 0 Å². The van der Waals surface area contributed by atoms with Crippen LogP contribution in [0.4, 0.5) is 5.82 Å². The van der Waals surface area contributed by atoms with Crippen LogP contribution in [0.2, 0.25) is 0 Å². The Morgan fingerprint density at radius 1 is 1.06 bits per heavy atom. The maximum Gasteiger partial charge on any atom is 0.256 e. The fourth-order valence-corrected chi connectivity index (χ4v) is 3.63. The number of nitrogens with zero attached hydrogens (tertiary/aromatic N) is 8. The van der Waals surface area contributed by atoms with Crippen molar-refractivity contribution in [2.45, 2.75) is 24.5 Å². The number of anilines is 1. The number of fused-ring (bicyclic) bond motifs is 1. The first kappa shape index (κ1) is 20.5. The molecule has 0 unspecified atom stereocenters. The highest BCUT2D eigenvalue weighted by atomic mass is 16.5. The third-order valence-electron chi connectivity index (χ3n) is 5.33. The topological polar surface area (TPSA) is 147 Å². The monoisotopic (exact) mass is 438 g/mol. The molecule has 1 saturated heterocycles. The lowest BCUT2D eigenvalue weighted by molar-refractivity contribution is -0.210. The molecule has 0 saturated carbocycles. The third kappa shape index (κ3) is 3.39. The van der Waals surface area contributed by atoms with Crippen molar-refractivity contribution in [3.8, 4) is 17.2 Å². The molecule has 166 valence electrons. The van der Waals surface area contributed by atoms with Gasteiger partial charge in [0, 0.05) is 19.7 Å². The Kier molecular flexibility index (Phi) is 5.06. The summed E-state index contributed by atoms with van der Waals surface area (Å²) in [4.78, 5) is 15.4. The van der Waals surface area contributed by atoms with Crippen molar-refractivity contribution in [2.75, 3.05) is 25.6 Å². The fourth-order valence-electron chi connectivity index (χ4n) is 3.63. The molecule has 0 bridgehead atoms. The molecular weight excluding hydrogens is 416 g/mol. The molecular formula is C20H22N8O4. The maximum atomic E-state index is 10.5. The summed E-state index contributed by atoms with van der Waals surface area (Å²) < 4.78 is 8.56. The van der Waals surface area contributed by atoms with Gasteiger partial charge in [0.05, 0.1) is 19.1 Å². The van der Waals surface area contributed by atoms with Crippen LogP contribution in [0.5, 0.6) is 0 Å². The number of imidazole rings is 1. The first-order valence-corrected chi connectivity index (χ1v) is 10.00. The number of hydrogen-bond donors (Lipinski definition) is 3. The average molecular weight is 438 g/mol. The molecule has 1 aliphatic rings. The summed E-state index contributed by atoms with van der Waals surface area (Å²) in [6.07, 6.45) is -1.69. The molecule has 12 nitrogen and oxygen atoms in total. The molecule has 12 heteroatoms. The van der Waals surface area contributed by atoms with Gasteiger partial charge in [0.25, 0.3) is 5.95 Å². The predicted octanol–water partition coefficient (Wildman–Crippen LogP) is -0.249. The van der Waals surface area contributed by atoms with Gasteiger partial charge < -0.3 is 25.0 Å². The van der Waals surface area contributed by atoms with Gasteiger partial charge in [0.15, 0.2) is 23.2 Å². The van der Waals surface area contributed by atoms with Gasteiger partial charge in [-0.25, -0.2) is 4.98 Å². The Labute approximate surface area is 182 Å². The number of aliphatic hydroxyl groups is 3. The van der Waals surface area contributed by atoms with Crippen LogP contribution >= 0.6 is 0 Å². The minimum Gasteiger partial charge on any atom is -0.388 e. The lowest BCUT2D eigenvalue weighted by Crippen LogP contribution is -2.50. The molecule has 5 rings (SSSR count). The van der Waals surface area contributed by atoms with E-state index in [4.69, 9.17) is 4.74 Å². The SMILES string of the molecule is CN(C)c1nc(-n2cc(-c3ccccc3)nn2)nc2c1ncn2[C@H]1OC[C@@H](O)[C@@H](O)[C@@H]1O. The van der Waals surface area contributed by atoms with E-state index in [0.717, 1.165) is 5.56 Å². The van der Waals surface area contributed by atoms with Crippen molar-refractivity contribution < 1.29 is 20.1 Å². The number of ether oxygens (including phenoxy) is 1. The quantitative estimate of drug-likeness (QED) is 0.390. The second-order valence-electron chi connectivity index (χ2n) is 7.75. The highest BCUT2D eigenvalue weighted by Gasteiger charge is 2.39. The molecule has 0 aliphatic carbocycles. The predicted molar refractivity (Wildman–Crippen MR) is 113 cm³/mol. The van der Waals surface area contributed by atoms with E-state index in [9.17, 15) is 15.3 Å². The van der Waals surface area contributed by atoms with Gasteiger partial charge in [-0.15, -0.1) is 5.10 Å². The number of aromatic nitrogens is 7. The Morgan fingerprint density at radius 3 is 2.59 bits per heavy atom. The molecule has 1 aliphatic heterocycles. The molecule has 3 N–H and O–H groups in total. The van der Waals surface area contributed by atoms with Crippen molar-refractivity contribution >= 4 is 17.0 Å². The van der Waals surface area contributed by atoms with Crippen LogP contribution in [0, 0.1) is 0 Å². The zero-order valence-electron chi connectivity index (χ0n) is 17.4. The Morgan fingerprint density at radius 2 is 1.84 bits per heavy atom. The van der Waals surface area contributed by atoms with Gasteiger partial charge in [-0.3, -0.25) is 4.57 Å². The van der Waals surface area contributed by atoms with E-state index >= 15 is 0 Å². The molecule has 1 fully saturated rings. The third-order valence-corrected chi connectivity index (χ3v) is 5.33. The molecule has 4 heterocycles. The largest absolute Gasteiger partial charge is 0.388 e. The lowest BCUT2D eigenvalue weighted by Gasteiger charge is -2.35. The van der Waals surface area contributed by atoms with Crippen molar-refractivity contribution in [2.24, 2.45) is 0 Å². The zero-order valence-corrected chi connectivity index (χ0v) is 17.4. The van der Waals surface area contributed by atoms with Crippen LogP contribution in [-0.4, -0.2) is 88.8 Å². The van der Waals surface area contributed by atoms with Crippen LogP contribution < -0.4 is 4.90 Å². The Hall–Kier alpha value is -3.45. The van der Waals surface area contributed by atoms with Crippen molar-refractivity contribution in [3.63, 3.8) is 0 Å². The summed E-state index contributed by atoms with van der Waals surface area (Å²) in [5.41, 5.74) is 2.43. The fraction of sp³-hybridized carbons (Fsp3) is 0.350. The second-order valence-corrected chi connectivity index (χ2v) is 7.75. The molecule has 1 aromatic carbocycles. The van der Waals surface area contributed by atoms with Crippen molar-refractivity contribution in [3.05, 3.63) is 42.9 Å². The second kappa shape index (κ2) is 7.91. The number of hydrogen-bond acceptors (Lipinski definition) is 10. The van der Waals surface area contributed by atoms with Gasteiger partial charge in [-0.2, -0.15) is 14.6 Å². The first-order valence-electron chi connectivity index (χ1n) is 10.00. The summed E-state index contributed by atoms with van der Waals surface area (Å²) in [7, 11) is 3.65. The summed E-state index contributed by atoms with van der Waals surface area (Å²) >= 11 is 0. The van der Waals surface area contributed by atoms with Crippen molar-refractivity contribution in [1.82, 2.24) is 34.5 Å². The molecule has 0 spiro atoms. The van der Waals surface area contributed by atoms with Gasteiger partial charge in [-0.1, -0.05) is 35.5 Å². The normalized spacial score (nSPS) is 23.5. The first-order chi connectivity index (χ1) is 15.4. The smallest absolute Gasteiger partial charge is 0.256 e. The summed E-state index contributed by atoms with van der Waals surface area (Å²) in [5, 5.41) is 38.7. The molecule has 0 radical (unpaired) electrons. The molecule has 0 amide bonds. The summed E-state index contributed by atoms with van der Waals surface area (Å²) in [6, 6.07) is 9.62. The standard InChI is InChI=1S/C20H22N8O4/c1-26(2)17-14-18(27(10-21-14)19-16(31)15(30)13(29)9-32-19)23-20(22-17)28-8-12(24-25-28)11-6-4-3-5-7-11/h3-8,10,13,15-16,19,29-31H,9H2,1-2H3/t13-,15-,16+,19+/m1/s1. The summed E-state index contributed by atoms with van der Waals surface area (Å²) in [5.74, 6) is 0.787. The minimum atomic E-state index is -1.37. The number of aliphatic hydroxyl groups excluding tert-OH is 3. The van der Waals surface area contributed by atoms with E-state index < -0.39 is 24.5 Å². The number of rotatable bonds is 4. The van der Waals surface area contributed by atoms with Gasteiger partial charge in [-0.05, 0) is 0 Å². The Balaban J connectivity index is 1.61.